The molecule has 3 nitrogen and oxygen atoms in total. The van der Waals surface area contributed by atoms with Crippen LogP contribution in [0.3, 0.4) is 0 Å². The Hall–Kier alpha value is -0.570. The molecule has 66 valence electrons. The lowest BCUT2D eigenvalue weighted by Gasteiger charge is -2.21. The van der Waals surface area contributed by atoms with E-state index in [1.165, 1.54) is 4.90 Å². The second-order valence-electron chi connectivity index (χ2n) is 3.71. The van der Waals surface area contributed by atoms with Gasteiger partial charge in [0.1, 0.15) is 6.29 Å². The third-order valence-electron chi connectivity index (χ3n) is 3.13. The number of alkyl halides is 1. The number of carbonyl (C=O) groups excluding carboxylic acids is 2. The molecule has 0 aromatic carbocycles. The summed E-state index contributed by atoms with van der Waals surface area (Å²) in [4.78, 5) is 22.4. The van der Waals surface area contributed by atoms with Gasteiger partial charge in [-0.15, -0.1) is 11.6 Å². The zero-order valence-corrected chi connectivity index (χ0v) is 7.49. The lowest BCUT2D eigenvalue weighted by molar-refractivity contribution is -0.124. The Labute approximate surface area is 75.7 Å². The minimum absolute atomic E-state index is 0.182. The lowest BCUT2D eigenvalue weighted by atomic mass is 10.2. The molecule has 2 fully saturated rings. The smallest absolute Gasteiger partial charge is 0.210 e. The number of piperidine rings is 1. The number of carbonyl (C=O) groups is 2. The second kappa shape index (κ2) is 2.22. The molecule has 12 heavy (non-hydrogen) atoms. The molecule has 1 saturated carbocycles. The second-order valence-corrected chi connectivity index (χ2v) is 4.53. The van der Waals surface area contributed by atoms with Crippen LogP contribution in [0.2, 0.25) is 0 Å². The van der Waals surface area contributed by atoms with E-state index < -0.39 is 0 Å². The maximum Gasteiger partial charge on any atom is 0.210 e. The van der Waals surface area contributed by atoms with Crippen LogP contribution in [0.15, 0.2) is 0 Å². The van der Waals surface area contributed by atoms with Gasteiger partial charge in [-0.1, -0.05) is 0 Å². The third kappa shape index (κ3) is 0.774. The molecule has 0 aromatic heterocycles. The topological polar surface area (TPSA) is 37.4 Å². The van der Waals surface area contributed by atoms with Crippen molar-refractivity contribution in [2.24, 2.45) is 11.8 Å². The Morgan fingerprint density at radius 1 is 1.58 bits per heavy atom. The Balaban J connectivity index is 2.17. The van der Waals surface area contributed by atoms with Crippen molar-refractivity contribution in [2.45, 2.75) is 17.8 Å². The molecular formula is C8H10ClNO2. The Morgan fingerprint density at radius 3 is 2.75 bits per heavy atom. The van der Waals surface area contributed by atoms with Crippen LogP contribution < -0.4 is 0 Å². The largest absolute Gasteiger partial charge is 0.335 e. The first-order valence-electron chi connectivity index (χ1n) is 3.98. The molecule has 4 heteroatoms. The summed E-state index contributed by atoms with van der Waals surface area (Å²) in [5.74, 6) is 0.501. The van der Waals surface area contributed by atoms with Gasteiger partial charge in [0.2, 0.25) is 6.41 Å². The van der Waals surface area contributed by atoms with E-state index in [9.17, 15) is 9.59 Å². The first kappa shape index (κ1) is 8.05. The van der Waals surface area contributed by atoms with Gasteiger partial charge in [0.15, 0.2) is 0 Å². The molecule has 2 rings (SSSR count). The molecule has 1 aliphatic heterocycles. The first-order valence-corrected chi connectivity index (χ1v) is 4.36. The molecular weight excluding hydrogens is 178 g/mol. The van der Waals surface area contributed by atoms with Crippen molar-refractivity contribution in [2.75, 3.05) is 6.54 Å². The van der Waals surface area contributed by atoms with E-state index in [-0.39, 0.29) is 16.8 Å². The normalized spacial score (nSPS) is 50.2. The van der Waals surface area contributed by atoms with Gasteiger partial charge >= 0.3 is 0 Å². The predicted octanol–water partition coefficient (Wildman–Crippen LogP) is 0.269. The Morgan fingerprint density at radius 2 is 2.25 bits per heavy atom. The summed E-state index contributed by atoms with van der Waals surface area (Å²) in [6.07, 6.45) is 1.56. The Bertz CT molecular complexity index is 241. The number of likely N-dealkylation sites (tertiary alicyclic amines) is 1. The average Bonchev–Trinajstić information content (AvgIpc) is 2.50. The monoisotopic (exact) mass is 187 g/mol. The molecule has 0 bridgehead atoms. The number of hydrogen-bond donors (Lipinski definition) is 0. The van der Waals surface area contributed by atoms with Crippen LogP contribution in [0.1, 0.15) is 6.92 Å². The van der Waals surface area contributed by atoms with E-state index in [4.69, 9.17) is 11.6 Å². The minimum Gasteiger partial charge on any atom is -0.335 e. The van der Waals surface area contributed by atoms with Crippen molar-refractivity contribution in [3.63, 3.8) is 0 Å². The fraction of sp³-hybridized carbons (Fsp3) is 0.750. The van der Waals surface area contributed by atoms with Crippen molar-refractivity contribution in [3.8, 4) is 0 Å². The Kier molecular flexibility index (Phi) is 1.49. The number of nitrogens with zero attached hydrogens (tertiary/aromatic N) is 1. The van der Waals surface area contributed by atoms with E-state index in [1.54, 1.807) is 0 Å². The third-order valence-corrected chi connectivity index (χ3v) is 3.67. The number of halogens is 1. The van der Waals surface area contributed by atoms with Crippen molar-refractivity contribution >= 4 is 24.3 Å². The number of amides is 1. The molecule has 0 spiro atoms. The zero-order valence-electron chi connectivity index (χ0n) is 6.74. The molecule has 1 heterocycles. The van der Waals surface area contributed by atoms with Crippen LogP contribution in [0.25, 0.3) is 0 Å². The van der Waals surface area contributed by atoms with Gasteiger partial charge in [-0.2, -0.15) is 0 Å². The maximum absolute atomic E-state index is 10.6. The molecule has 1 amide bonds. The van der Waals surface area contributed by atoms with Crippen LogP contribution in [-0.4, -0.2) is 35.1 Å². The molecule has 1 saturated heterocycles. The van der Waals surface area contributed by atoms with Crippen LogP contribution >= 0.6 is 11.6 Å². The molecule has 4 atom stereocenters. The average molecular weight is 188 g/mol. The van der Waals surface area contributed by atoms with Gasteiger partial charge in [0.05, 0.1) is 10.9 Å². The number of fused-ring (bicyclic) bond motifs is 1. The van der Waals surface area contributed by atoms with Crippen LogP contribution in [-0.2, 0) is 9.59 Å². The summed E-state index contributed by atoms with van der Waals surface area (Å²) in [5, 5.41) is 0. The van der Waals surface area contributed by atoms with Crippen molar-refractivity contribution in [1.29, 1.82) is 0 Å². The molecule has 0 radical (unpaired) electrons. The summed E-state index contributed by atoms with van der Waals surface area (Å²) >= 11 is 6.10. The van der Waals surface area contributed by atoms with E-state index in [2.05, 4.69) is 0 Å². The quantitative estimate of drug-likeness (QED) is 0.460. The number of hydrogen-bond acceptors (Lipinski definition) is 2. The number of aldehydes is 1. The number of rotatable bonds is 2. The van der Waals surface area contributed by atoms with E-state index in [1.807, 2.05) is 6.92 Å². The highest BCUT2D eigenvalue weighted by atomic mass is 35.5. The van der Waals surface area contributed by atoms with Gasteiger partial charge in [-0.05, 0) is 6.92 Å². The van der Waals surface area contributed by atoms with Crippen LogP contribution in [0.5, 0.6) is 0 Å². The summed E-state index contributed by atoms with van der Waals surface area (Å²) in [6, 6.07) is -0.282. The van der Waals surface area contributed by atoms with Gasteiger partial charge in [-0.3, -0.25) is 4.79 Å². The van der Waals surface area contributed by atoms with Crippen molar-refractivity contribution in [3.05, 3.63) is 0 Å². The molecule has 0 N–H and O–H groups in total. The fourth-order valence-corrected chi connectivity index (χ4v) is 2.72. The highest BCUT2D eigenvalue weighted by Crippen LogP contribution is 2.61. The standard InChI is InChI=1S/C8H10ClNO2/c1-8(9)5-2-10(4-12)6(3-11)7(5)8/h3-7H,2H2,1H3/t5-,6+,7-,8?/m0/s1. The zero-order chi connectivity index (χ0) is 8.93. The molecule has 1 aliphatic carbocycles. The van der Waals surface area contributed by atoms with Crippen molar-refractivity contribution < 1.29 is 9.59 Å². The van der Waals surface area contributed by atoms with E-state index >= 15 is 0 Å². The molecule has 1 unspecified atom stereocenters. The summed E-state index contributed by atoms with van der Waals surface area (Å²) in [6.45, 7) is 2.57. The highest BCUT2D eigenvalue weighted by Gasteiger charge is 2.68. The van der Waals surface area contributed by atoms with Crippen molar-refractivity contribution in [1.82, 2.24) is 4.90 Å². The van der Waals surface area contributed by atoms with Gasteiger partial charge in [-0.25, -0.2) is 0 Å². The molecule has 0 aromatic rings. The van der Waals surface area contributed by atoms with Gasteiger partial charge < -0.3 is 9.69 Å². The molecule has 2 aliphatic rings. The highest BCUT2D eigenvalue weighted by molar-refractivity contribution is 6.26. The summed E-state index contributed by atoms with van der Waals surface area (Å²) in [5.41, 5.74) is 0. The summed E-state index contributed by atoms with van der Waals surface area (Å²) in [7, 11) is 0. The minimum atomic E-state index is -0.282. The predicted molar refractivity (Wildman–Crippen MR) is 43.9 cm³/mol. The van der Waals surface area contributed by atoms with Gasteiger partial charge in [0.25, 0.3) is 0 Å². The SMILES string of the molecule is CC1(Cl)[C@@H]2[C@@H](C=O)N(C=O)C[C@@H]21. The first-order chi connectivity index (χ1) is 5.62. The maximum atomic E-state index is 10.6. The fourth-order valence-electron chi connectivity index (χ4n) is 2.30. The lowest BCUT2D eigenvalue weighted by Crippen LogP contribution is -2.37. The van der Waals surface area contributed by atoms with Crippen LogP contribution in [0.4, 0.5) is 0 Å². The van der Waals surface area contributed by atoms with E-state index in [0.29, 0.717) is 12.5 Å². The van der Waals surface area contributed by atoms with Gasteiger partial charge in [0, 0.05) is 18.4 Å². The van der Waals surface area contributed by atoms with Crippen LogP contribution in [0, 0.1) is 11.8 Å². The van der Waals surface area contributed by atoms with E-state index in [0.717, 1.165) is 12.7 Å². The summed E-state index contributed by atoms with van der Waals surface area (Å²) < 4.78 is 0.